The van der Waals surface area contributed by atoms with Crippen molar-refractivity contribution in [2.24, 2.45) is 5.73 Å². The number of nitrogens with two attached hydrogens (primary N) is 1. The Morgan fingerprint density at radius 3 is 2.70 bits per heavy atom. The molecular weight excluding hydrogens is 408 g/mol. The Morgan fingerprint density at radius 1 is 1.26 bits per heavy atom. The summed E-state index contributed by atoms with van der Waals surface area (Å²) in [5, 5.41) is 3.60. The highest BCUT2D eigenvalue weighted by molar-refractivity contribution is 9.10. The van der Waals surface area contributed by atoms with E-state index in [1.54, 1.807) is 7.05 Å². The number of para-hydroxylation sites is 1. The lowest BCUT2D eigenvalue weighted by atomic mass is 10.0. The van der Waals surface area contributed by atoms with E-state index in [1.807, 2.05) is 55.6 Å². The summed E-state index contributed by atoms with van der Waals surface area (Å²) in [6.45, 7) is 1.96. The second-order valence-corrected chi connectivity index (χ2v) is 7.31. The summed E-state index contributed by atoms with van der Waals surface area (Å²) in [6, 6.07) is 12.0. The number of halogens is 1. The zero-order valence-corrected chi connectivity index (χ0v) is 16.7. The third kappa shape index (κ3) is 4.14. The average molecular weight is 429 g/mol. The molecule has 3 rings (SSSR count). The van der Waals surface area contributed by atoms with Crippen LogP contribution in [0.3, 0.4) is 0 Å². The Kier molecular flexibility index (Phi) is 5.51. The lowest BCUT2D eigenvalue weighted by molar-refractivity contribution is -0.120. The number of primary amides is 1. The first-order chi connectivity index (χ1) is 12.9. The van der Waals surface area contributed by atoms with Crippen molar-refractivity contribution in [1.82, 2.24) is 10.3 Å². The third-order valence-electron chi connectivity index (χ3n) is 4.57. The first kappa shape index (κ1) is 19.0. The number of nitrogens with one attached hydrogen (secondary N) is 2. The molecular formula is C20H21BrN4O2. The quantitative estimate of drug-likeness (QED) is 0.580. The van der Waals surface area contributed by atoms with Gasteiger partial charge in [0.05, 0.1) is 0 Å². The number of rotatable bonds is 5. The summed E-state index contributed by atoms with van der Waals surface area (Å²) in [7, 11) is 1.69. The van der Waals surface area contributed by atoms with Crippen molar-refractivity contribution in [3.63, 3.8) is 0 Å². The minimum Gasteiger partial charge on any atom is -0.361 e. The number of urea groups is 1. The topological polar surface area (TPSA) is 91.2 Å². The van der Waals surface area contributed by atoms with Crippen LogP contribution >= 0.6 is 15.9 Å². The van der Waals surface area contributed by atoms with Crippen LogP contribution in [0, 0.1) is 6.92 Å². The van der Waals surface area contributed by atoms with Gasteiger partial charge in [-0.1, -0.05) is 34.1 Å². The van der Waals surface area contributed by atoms with Crippen LogP contribution in [0.25, 0.3) is 10.9 Å². The molecule has 3 amide bonds. The molecule has 3 aromatic rings. The highest BCUT2D eigenvalue weighted by atomic mass is 79.9. The molecule has 1 heterocycles. The fourth-order valence-corrected chi connectivity index (χ4v) is 3.34. The summed E-state index contributed by atoms with van der Waals surface area (Å²) < 4.78 is 0.970. The predicted molar refractivity (Wildman–Crippen MR) is 111 cm³/mol. The molecule has 6 nitrogen and oxygen atoms in total. The standard InChI is InChI=1S/C20H21BrN4O2/c1-12-9-14(7-8-16(12)21)25(2)19(26)18(24-20(22)27)10-13-11-23-17-6-4-3-5-15(13)17/h3-9,11,18,23H,10H2,1-2H3,(H3,22,24,27). The Hall–Kier alpha value is -2.80. The number of aromatic nitrogens is 1. The maximum atomic E-state index is 13.1. The van der Waals surface area contributed by atoms with Crippen molar-refractivity contribution in [3.05, 3.63) is 64.3 Å². The molecule has 0 radical (unpaired) electrons. The molecule has 1 aromatic heterocycles. The van der Waals surface area contributed by atoms with E-state index in [0.29, 0.717) is 6.42 Å². The predicted octanol–water partition coefficient (Wildman–Crippen LogP) is 3.48. The number of hydrogen-bond donors (Lipinski definition) is 3. The summed E-state index contributed by atoms with van der Waals surface area (Å²) in [6.07, 6.45) is 2.20. The lowest BCUT2D eigenvalue weighted by Gasteiger charge is -2.24. The number of H-pyrrole nitrogens is 1. The van der Waals surface area contributed by atoms with Gasteiger partial charge in [-0.3, -0.25) is 4.79 Å². The average Bonchev–Trinajstić information content (AvgIpc) is 3.05. The van der Waals surface area contributed by atoms with Crippen LogP contribution in [-0.2, 0) is 11.2 Å². The number of anilines is 1. The van der Waals surface area contributed by atoms with E-state index in [0.717, 1.165) is 32.2 Å². The number of nitrogens with zero attached hydrogens (tertiary/aromatic N) is 1. The summed E-state index contributed by atoms with van der Waals surface area (Å²) in [5.41, 5.74) is 9.01. The van der Waals surface area contributed by atoms with Crippen LogP contribution in [0.1, 0.15) is 11.1 Å². The molecule has 0 fully saturated rings. The van der Waals surface area contributed by atoms with Crippen molar-refractivity contribution in [2.45, 2.75) is 19.4 Å². The first-order valence-corrected chi connectivity index (χ1v) is 9.31. The van der Waals surface area contributed by atoms with Crippen molar-refractivity contribution in [1.29, 1.82) is 0 Å². The number of benzene rings is 2. The number of likely N-dealkylation sites (N-methyl/N-ethyl adjacent to an activating group) is 1. The van der Waals surface area contributed by atoms with Crippen molar-refractivity contribution >= 4 is 44.5 Å². The van der Waals surface area contributed by atoms with E-state index >= 15 is 0 Å². The largest absolute Gasteiger partial charge is 0.361 e. The van der Waals surface area contributed by atoms with Gasteiger partial charge < -0.3 is 20.9 Å². The van der Waals surface area contributed by atoms with Gasteiger partial charge in [-0.05, 0) is 42.3 Å². The Labute approximate surface area is 165 Å². The van der Waals surface area contributed by atoms with E-state index in [9.17, 15) is 9.59 Å². The van der Waals surface area contributed by atoms with Gasteiger partial charge in [0.1, 0.15) is 6.04 Å². The maximum absolute atomic E-state index is 13.1. The molecule has 0 aliphatic rings. The maximum Gasteiger partial charge on any atom is 0.312 e. The van der Waals surface area contributed by atoms with E-state index in [1.165, 1.54) is 4.90 Å². The van der Waals surface area contributed by atoms with Crippen molar-refractivity contribution in [2.75, 3.05) is 11.9 Å². The first-order valence-electron chi connectivity index (χ1n) is 8.51. The molecule has 140 valence electrons. The molecule has 4 N–H and O–H groups in total. The Balaban J connectivity index is 1.88. The van der Waals surface area contributed by atoms with Gasteiger partial charge in [0.15, 0.2) is 0 Å². The van der Waals surface area contributed by atoms with Gasteiger partial charge in [0, 0.05) is 40.7 Å². The third-order valence-corrected chi connectivity index (χ3v) is 5.46. The minimum absolute atomic E-state index is 0.235. The molecule has 1 atom stereocenters. The zero-order valence-electron chi connectivity index (χ0n) is 15.1. The van der Waals surface area contributed by atoms with Crippen LogP contribution < -0.4 is 16.0 Å². The zero-order chi connectivity index (χ0) is 19.6. The van der Waals surface area contributed by atoms with E-state index in [2.05, 4.69) is 26.2 Å². The van der Waals surface area contributed by atoms with E-state index < -0.39 is 12.1 Å². The monoisotopic (exact) mass is 428 g/mol. The minimum atomic E-state index is -0.768. The van der Waals surface area contributed by atoms with Crippen molar-refractivity contribution in [3.8, 4) is 0 Å². The fourth-order valence-electron chi connectivity index (χ4n) is 3.09. The van der Waals surface area contributed by atoms with Crippen LogP contribution in [-0.4, -0.2) is 30.0 Å². The highest BCUT2D eigenvalue weighted by Gasteiger charge is 2.25. The van der Waals surface area contributed by atoms with Gasteiger partial charge in [-0.15, -0.1) is 0 Å². The summed E-state index contributed by atoms with van der Waals surface area (Å²) in [4.78, 5) is 29.3. The summed E-state index contributed by atoms with van der Waals surface area (Å²) >= 11 is 3.46. The molecule has 0 aliphatic carbocycles. The van der Waals surface area contributed by atoms with Crippen LogP contribution in [0.5, 0.6) is 0 Å². The molecule has 0 spiro atoms. The van der Waals surface area contributed by atoms with Gasteiger partial charge >= 0.3 is 6.03 Å². The Morgan fingerprint density at radius 2 is 2.00 bits per heavy atom. The number of amides is 3. The molecule has 0 saturated carbocycles. The lowest BCUT2D eigenvalue weighted by Crippen LogP contribution is -2.50. The van der Waals surface area contributed by atoms with Crippen LogP contribution in [0.4, 0.5) is 10.5 Å². The second-order valence-electron chi connectivity index (χ2n) is 6.46. The molecule has 7 heteroatoms. The second kappa shape index (κ2) is 7.84. The van der Waals surface area contributed by atoms with E-state index in [4.69, 9.17) is 5.73 Å². The van der Waals surface area contributed by atoms with Gasteiger partial charge in [0.2, 0.25) is 5.91 Å². The fraction of sp³-hybridized carbons (Fsp3) is 0.200. The SMILES string of the molecule is Cc1cc(N(C)C(=O)C(Cc2c[nH]c3ccccc23)NC(N)=O)ccc1Br. The normalized spacial score (nSPS) is 12.0. The van der Waals surface area contributed by atoms with E-state index in [-0.39, 0.29) is 5.91 Å². The van der Waals surface area contributed by atoms with Gasteiger partial charge in [0.25, 0.3) is 0 Å². The number of hydrogen-bond acceptors (Lipinski definition) is 2. The number of carbonyl (C=O) groups excluding carboxylic acids is 2. The summed E-state index contributed by atoms with van der Waals surface area (Å²) in [5.74, 6) is -0.235. The smallest absolute Gasteiger partial charge is 0.312 e. The molecule has 0 bridgehead atoms. The van der Waals surface area contributed by atoms with Crippen molar-refractivity contribution < 1.29 is 9.59 Å². The van der Waals surface area contributed by atoms with Gasteiger partial charge in [-0.25, -0.2) is 4.79 Å². The molecule has 2 aromatic carbocycles. The Bertz CT molecular complexity index is 999. The number of aromatic amines is 1. The van der Waals surface area contributed by atoms with Gasteiger partial charge in [-0.2, -0.15) is 0 Å². The molecule has 27 heavy (non-hydrogen) atoms. The number of carbonyl (C=O) groups is 2. The number of fused-ring (bicyclic) bond motifs is 1. The number of aryl methyl sites for hydroxylation is 1. The molecule has 0 aliphatic heterocycles. The van der Waals surface area contributed by atoms with Crippen LogP contribution in [0.15, 0.2) is 53.1 Å². The van der Waals surface area contributed by atoms with Crippen LogP contribution in [0.2, 0.25) is 0 Å². The highest BCUT2D eigenvalue weighted by Crippen LogP contribution is 2.24. The molecule has 1 unspecified atom stereocenters. The molecule has 0 saturated heterocycles.